The molecule has 4 aromatic rings. The topological polar surface area (TPSA) is 90.0 Å². The predicted octanol–water partition coefficient (Wildman–Crippen LogP) is 3.46. The lowest BCUT2D eigenvalue weighted by atomic mass is 9.99. The molecule has 0 unspecified atom stereocenters. The van der Waals surface area contributed by atoms with E-state index in [0.717, 1.165) is 27.7 Å². The average molecular weight is 374 g/mol. The van der Waals surface area contributed by atoms with Crippen LogP contribution in [0.5, 0.6) is 0 Å². The number of hydrogen-bond donors (Lipinski definition) is 1. The van der Waals surface area contributed by atoms with Crippen molar-refractivity contribution in [3.63, 3.8) is 0 Å². The number of aromatic nitrogens is 3. The zero-order chi connectivity index (χ0) is 19.8. The molecule has 1 N–H and O–H groups in total. The molecule has 0 atom stereocenters. The Balaban J connectivity index is 1.81. The smallest absolute Gasteiger partial charge is 0.277 e. The number of anilines is 1. The molecule has 0 fully saturated rings. The number of nitrogens with zero attached hydrogens (tertiary/aromatic N) is 3. The third-order valence-electron chi connectivity index (χ3n) is 4.70. The van der Waals surface area contributed by atoms with Crippen LogP contribution in [0.2, 0.25) is 0 Å². The molecule has 1 amide bonds. The molecule has 0 aliphatic rings. The van der Waals surface area contributed by atoms with Crippen LogP contribution in [0.25, 0.3) is 22.0 Å². The number of nitrogens with one attached hydrogen (secondary N) is 1. The third kappa shape index (κ3) is 3.07. The van der Waals surface area contributed by atoms with Gasteiger partial charge in [0.25, 0.3) is 11.5 Å². The van der Waals surface area contributed by atoms with Crippen LogP contribution in [0, 0.1) is 13.8 Å². The number of oxazole rings is 1. The Morgan fingerprint density at radius 2 is 1.93 bits per heavy atom. The molecule has 7 heteroatoms. The highest BCUT2D eigenvalue weighted by molar-refractivity contribution is 6.03. The van der Waals surface area contributed by atoms with Gasteiger partial charge in [-0.15, -0.1) is 0 Å². The van der Waals surface area contributed by atoms with E-state index in [1.165, 1.54) is 12.7 Å². The number of carbonyl (C=O) groups is 1. The maximum atomic E-state index is 13.0. The lowest BCUT2D eigenvalue weighted by Gasteiger charge is -2.13. The first-order valence-corrected chi connectivity index (χ1v) is 8.71. The molecule has 0 spiro atoms. The van der Waals surface area contributed by atoms with Gasteiger partial charge in [-0.1, -0.05) is 6.07 Å². The quantitative estimate of drug-likeness (QED) is 0.593. The lowest BCUT2D eigenvalue weighted by molar-refractivity contribution is 0.102. The van der Waals surface area contributed by atoms with Crippen molar-refractivity contribution >= 4 is 22.5 Å². The Kier molecular flexibility index (Phi) is 4.27. The van der Waals surface area contributed by atoms with Crippen molar-refractivity contribution in [1.29, 1.82) is 0 Å². The Bertz CT molecular complexity index is 1260. The summed E-state index contributed by atoms with van der Waals surface area (Å²) in [6.45, 7) is 3.82. The van der Waals surface area contributed by atoms with Crippen molar-refractivity contribution in [2.75, 3.05) is 5.32 Å². The normalized spacial score (nSPS) is 11.0. The highest BCUT2D eigenvalue weighted by atomic mass is 16.3. The van der Waals surface area contributed by atoms with E-state index in [9.17, 15) is 9.59 Å². The van der Waals surface area contributed by atoms with E-state index in [0.29, 0.717) is 11.3 Å². The molecule has 140 valence electrons. The van der Waals surface area contributed by atoms with E-state index in [2.05, 4.69) is 15.3 Å². The summed E-state index contributed by atoms with van der Waals surface area (Å²) in [6.07, 6.45) is 4.24. The standard InChI is InChI=1S/C21H18N4O3/c1-12-4-5-15(24-20(26)18-10-28-11-23-18)8-16(12)17-7-14-9-22-13(2)6-19(14)25(3)21(17)27/h4-11H,1-3H3,(H,24,26). The number of hydrogen-bond acceptors (Lipinski definition) is 5. The van der Waals surface area contributed by atoms with Crippen LogP contribution in [0.4, 0.5) is 5.69 Å². The zero-order valence-electron chi connectivity index (χ0n) is 15.7. The number of benzene rings is 1. The van der Waals surface area contributed by atoms with Gasteiger partial charge in [0, 0.05) is 35.6 Å². The van der Waals surface area contributed by atoms with Crippen LogP contribution in [0.1, 0.15) is 21.7 Å². The fraction of sp³-hybridized carbons (Fsp3) is 0.143. The summed E-state index contributed by atoms with van der Waals surface area (Å²) >= 11 is 0. The number of rotatable bonds is 3. The van der Waals surface area contributed by atoms with Crippen molar-refractivity contribution in [2.24, 2.45) is 7.05 Å². The van der Waals surface area contributed by atoms with Gasteiger partial charge >= 0.3 is 0 Å². The molecule has 0 bridgehead atoms. The van der Waals surface area contributed by atoms with E-state index < -0.39 is 0 Å². The SMILES string of the molecule is Cc1cc2c(cn1)cc(-c1cc(NC(=O)c3cocn3)ccc1C)c(=O)n2C. The van der Waals surface area contributed by atoms with Crippen molar-refractivity contribution < 1.29 is 9.21 Å². The average Bonchev–Trinajstić information content (AvgIpc) is 3.22. The molecule has 3 aromatic heterocycles. The fourth-order valence-corrected chi connectivity index (χ4v) is 3.17. The number of aryl methyl sites for hydroxylation is 3. The summed E-state index contributed by atoms with van der Waals surface area (Å²) in [6, 6.07) is 9.17. The van der Waals surface area contributed by atoms with Gasteiger partial charge in [-0.2, -0.15) is 0 Å². The fourth-order valence-electron chi connectivity index (χ4n) is 3.17. The molecule has 0 saturated heterocycles. The Morgan fingerprint density at radius 1 is 1.11 bits per heavy atom. The largest absolute Gasteiger partial charge is 0.451 e. The minimum absolute atomic E-state index is 0.110. The van der Waals surface area contributed by atoms with Gasteiger partial charge < -0.3 is 14.3 Å². The highest BCUT2D eigenvalue weighted by Crippen LogP contribution is 2.27. The van der Waals surface area contributed by atoms with E-state index in [4.69, 9.17) is 4.42 Å². The maximum absolute atomic E-state index is 13.0. The van der Waals surface area contributed by atoms with Crippen molar-refractivity contribution in [1.82, 2.24) is 14.5 Å². The van der Waals surface area contributed by atoms with E-state index in [1.54, 1.807) is 29.9 Å². The minimum Gasteiger partial charge on any atom is -0.451 e. The summed E-state index contributed by atoms with van der Waals surface area (Å²) in [4.78, 5) is 33.4. The maximum Gasteiger partial charge on any atom is 0.277 e. The van der Waals surface area contributed by atoms with Gasteiger partial charge in [-0.25, -0.2) is 4.98 Å². The first-order chi connectivity index (χ1) is 13.4. The van der Waals surface area contributed by atoms with E-state index in [-0.39, 0.29) is 17.2 Å². The van der Waals surface area contributed by atoms with Crippen LogP contribution in [0.15, 0.2) is 58.4 Å². The highest BCUT2D eigenvalue weighted by Gasteiger charge is 2.14. The van der Waals surface area contributed by atoms with Crippen LogP contribution in [-0.2, 0) is 7.05 Å². The molecule has 3 heterocycles. The number of fused-ring (bicyclic) bond motifs is 1. The summed E-state index contributed by atoms with van der Waals surface area (Å²) < 4.78 is 6.47. The molecular weight excluding hydrogens is 356 g/mol. The molecule has 28 heavy (non-hydrogen) atoms. The minimum atomic E-state index is -0.380. The Labute approximate surface area is 160 Å². The van der Waals surface area contributed by atoms with Gasteiger partial charge in [-0.05, 0) is 49.2 Å². The van der Waals surface area contributed by atoms with Crippen molar-refractivity contribution in [3.05, 3.63) is 76.5 Å². The second-order valence-electron chi connectivity index (χ2n) is 6.66. The molecule has 0 aliphatic heterocycles. The molecule has 1 aromatic carbocycles. The van der Waals surface area contributed by atoms with Crippen molar-refractivity contribution in [3.8, 4) is 11.1 Å². The van der Waals surface area contributed by atoms with Gasteiger partial charge in [0.15, 0.2) is 12.1 Å². The number of carbonyl (C=O) groups excluding carboxylic acids is 1. The Hall–Kier alpha value is -3.74. The summed E-state index contributed by atoms with van der Waals surface area (Å²) in [5.74, 6) is -0.380. The molecule has 7 nitrogen and oxygen atoms in total. The van der Waals surface area contributed by atoms with Crippen molar-refractivity contribution in [2.45, 2.75) is 13.8 Å². The van der Waals surface area contributed by atoms with Crippen LogP contribution in [-0.4, -0.2) is 20.4 Å². The van der Waals surface area contributed by atoms with Gasteiger partial charge in [0.1, 0.15) is 6.26 Å². The first kappa shape index (κ1) is 17.7. The molecule has 4 rings (SSSR count). The van der Waals surface area contributed by atoms with Gasteiger partial charge in [0.2, 0.25) is 0 Å². The second-order valence-corrected chi connectivity index (χ2v) is 6.66. The van der Waals surface area contributed by atoms with E-state index >= 15 is 0 Å². The van der Waals surface area contributed by atoms with Gasteiger partial charge in [-0.3, -0.25) is 14.6 Å². The predicted molar refractivity (Wildman–Crippen MR) is 106 cm³/mol. The number of amides is 1. The third-order valence-corrected chi connectivity index (χ3v) is 4.70. The van der Waals surface area contributed by atoms with Crippen LogP contribution in [0.3, 0.4) is 0 Å². The van der Waals surface area contributed by atoms with E-state index in [1.807, 2.05) is 32.0 Å². The monoisotopic (exact) mass is 374 g/mol. The molecule has 0 saturated carbocycles. The van der Waals surface area contributed by atoms with Gasteiger partial charge in [0.05, 0.1) is 5.52 Å². The van der Waals surface area contributed by atoms with Crippen LogP contribution >= 0.6 is 0 Å². The lowest BCUT2D eigenvalue weighted by Crippen LogP contribution is -2.19. The zero-order valence-corrected chi connectivity index (χ0v) is 15.7. The Morgan fingerprint density at radius 3 is 2.68 bits per heavy atom. The summed E-state index contributed by atoms with van der Waals surface area (Å²) in [5.41, 5.74) is 4.55. The molecular formula is C21H18N4O3. The number of pyridine rings is 2. The first-order valence-electron chi connectivity index (χ1n) is 8.71. The second kappa shape index (κ2) is 6.77. The summed E-state index contributed by atoms with van der Waals surface area (Å²) in [7, 11) is 1.75. The summed E-state index contributed by atoms with van der Waals surface area (Å²) in [5, 5.41) is 3.65. The molecule has 0 radical (unpaired) electrons. The molecule has 0 aliphatic carbocycles. The van der Waals surface area contributed by atoms with Crippen LogP contribution < -0.4 is 10.9 Å².